The molecule has 1 aliphatic rings. The van der Waals surface area contributed by atoms with Crippen LogP contribution in [0.3, 0.4) is 0 Å². The lowest BCUT2D eigenvalue weighted by Crippen LogP contribution is -2.25. The molecule has 0 saturated heterocycles. The number of halogens is 3. The average molecular weight is 343 g/mol. The van der Waals surface area contributed by atoms with Crippen molar-refractivity contribution in [2.24, 2.45) is 4.99 Å². The van der Waals surface area contributed by atoms with Gasteiger partial charge in [0.15, 0.2) is 5.54 Å². The van der Waals surface area contributed by atoms with Crippen LogP contribution in [-0.2, 0) is 9.53 Å². The van der Waals surface area contributed by atoms with Crippen LogP contribution in [0.4, 0.5) is 0 Å². The first-order chi connectivity index (χ1) is 7.33. The van der Waals surface area contributed by atoms with Gasteiger partial charge in [-0.3, -0.25) is 0 Å². The summed E-state index contributed by atoms with van der Waals surface area (Å²) in [5.74, 6) is -0.115. The smallest absolute Gasteiger partial charge is 0.340 e. The number of rotatable bonds is 1. The van der Waals surface area contributed by atoms with E-state index < -0.39 is 5.54 Å². The van der Waals surface area contributed by atoms with E-state index in [9.17, 15) is 4.79 Å². The summed E-state index contributed by atoms with van der Waals surface area (Å²) in [6, 6.07) is 0. The topological polar surface area (TPSA) is 38.7 Å². The van der Waals surface area contributed by atoms with Crippen molar-refractivity contribution in [2.75, 3.05) is 0 Å². The third-order valence-corrected chi connectivity index (χ3v) is 5.28. The number of esters is 1. The fourth-order valence-electron chi connectivity index (χ4n) is 1.13. The maximum atomic E-state index is 11.5. The SMILES string of the molecule is CC1(C)N=C(c2sc(Cl)c(Cl)c2Br)OC1=O. The Hall–Kier alpha value is -0.100. The minimum Gasteiger partial charge on any atom is -0.404 e. The van der Waals surface area contributed by atoms with E-state index in [-0.39, 0.29) is 11.9 Å². The predicted molar refractivity (Wildman–Crippen MR) is 68.7 cm³/mol. The second kappa shape index (κ2) is 3.98. The highest BCUT2D eigenvalue weighted by molar-refractivity contribution is 9.10. The largest absolute Gasteiger partial charge is 0.404 e. The lowest BCUT2D eigenvalue weighted by Gasteiger charge is -2.05. The second-order valence-corrected chi connectivity index (χ2v) is 6.49. The summed E-state index contributed by atoms with van der Waals surface area (Å²) in [7, 11) is 0. The molecular weight excluding hydrogens is 337 g/mol. The molecule has 0 amide bonds. The van der Waals surface area contributed by atoms with Gasteiger partial charge >= 0.3 is 5.97 Å². The molecule has 0 unspecified atom stereocenters. The quantitative estimate of drug-likeness (QED) is 0.726. The number of hydrogen-bond donors (Lipinski definition) is 0. The lowest BCUT2D eigenvalue weighted by atomic mass is 10.1. The maximum Gasteiger partial charge on any atom is 0.340 e. The third-order valence-electron chi connectivity index (χ3n) is 2.02. The number of cyclic esters (lactones) is 1. The Morgan fingerprint density at radius 2 is 2.06 bits per heavy atom. The van der Waals surface area contributed by atoms with Crippen LogP contribution < -0.4 is 0 Å². The summed E-state index contributed by atoms with van der Waals surface area (Å²) in [4.78, 5) is 16.3. The van der Waals surface area contributed by atoms with Gasteiger partial charge in [-0.2, -0.15) is 0 Å². The van der Waals surface area contributed by atoms with Gasteiger partial charge in [0.2, 0.25) is 5.90 Å². The number of hydrogen-bond acceptors (Lipinski definition) is 4. The zero-order chi connectivity index (χ0) is 12.1. The fraction of sp³-hybridized carbons (Fsp3) is 0.333. The summed E-state index contributed by atoms with van der Waals surface area (Å²) in [6.45, 7) is 3.38. The number of carbonyl (C=O) groups excluding carboxylic acids is 1. The molecule has 0 aliphatic carbocycles. The van der Waals surface area contributed by atoms with Crippen LogP contribution in [0.25, 0.3) is 0 Å². The highest BCUT2D eigenvalue weighted by Gasteiger charge is 2.39. The molecule has 0 N–H and O–H groups in total. The molecule has 0 spiro atoms. The Kier molecular flexibility index (Phi) is 3.07. The Bertz CT molecular complexity index is 510. The van der Waals surface area contributed by atoms with Crippen molar-refractivity contribution in [1.29, 1.82) is 0 Å². The summed E-state index contributed by atoms with van der Waals surface area (Å²) in [6.07, 6.45) is 0. The first kappa shape index (κ1) is 12.4. The monoisotopic (exact) mass is 341 g/mol. The molecular formula is C9H6BrCl2NO2S. The van der Waals surface area contributed by atoms with Crippen molar-refractivity contribution < 1.29 is 9.53 Å². The van der Waals surface area contributed by atoms with Gasteiger partial charge in [0.05, 0.1) is 9.50 Å². The molecule has 86 valence electrons. The predicted octanol–water partition coefficient (Wildman–Crippen LogP) is 3.90. The molecule has 16 heavy (non-hydrogen) atoms. The fourth-order valence-corrected chi connectivity index (χ4v) is 3.32. The average Bonchev–Trinajstić information content (AvgIpc) is 2.59. The van der Waals surface area contributed by atoms with Gasteiger partial charge in [-0.1, -0.05) is 23.2 Å². The molecule has 0 bridgehead atoms. The van der Waals surface area contributed by atoms with E-state index in [1.165, 1.54) is 11.3 Å². The summed E-state index contributed by atoms with van der Waals surface area (Å²) in [5, 5.41) is 0.408. The van der Waals surface area contributed by atoms with Crippen LogP contribution in [0.5, 0.6) is 0 Å². The molecule has 1 aliphatic heterocycles. The molecule has 0 aromatic carbocycles. The van der Waals surface area contributed by atoms with Crippen LogP contribution in [0.15, 0.2) is 9.47 Å². The van der Waals surface area contributed by atoms with E-state index in [1.54, 1.807) is 13.8 Å². The normalized spacial score (nSPS) is 18.6. The molecule has 0 fully saturated rings. The van der Waals surface area contributed by atoms with Gasteiger partial charge < -0.3 is 4.74 Å². The summed E-state index contributed by atoms with van der Waals surface area (Å²) >= 11 is 16.3. The van der Waals surface area contributed by atoms with Gasteiger partial charge in [0.1, 0.15) is 9.21 Å². The number of carbonyl (C=O) groups is 1. The van der Waals surface area contributed by atoms with Gasteiger partial charge in [-0.25, -0.2) is 9.79 Å². The molecule has 2 heterocycles. The van der Waals surface area contributed by atoms with Crippen LogP contribution in [0.2, 0.25) is 9.36 Å². The third kappa shape index (κ3) is 1.90. The number of nitrogens with zero attached hydrogens (tertiary/aromatic N) is 1. The maximum absolute atomic E-state index is 11.5. The van der Waals surface area contributed by atoms with Crippen LogP contribution >= 0.6 is 50.5 Å². The van der Waals surface area contributed by atoms with Crippen molar-refractivity contribution in [2.45, 2.75) is 19.4 Å². The van der Waals surface area contributed by atoms with Gasteiger partial charge in [-0.15, -0.1) is 11.3 Å². The standard InChI is InChI=1S/C9H6BrCl2NO2S/c1-9(2)8(14)15-7(13-9)5-3(10)4(11)6(12)16-5/h1-2H3. The van der Waals surface area contributed by atoms with E-state index in [2.05, 4.69) is 20.9 Å². The van der Waals surface area contributed by atoms with Crippen LogP contribution in [-0.4, -0.2) is 17.4 Å². The highest BCUT2D eigenvalue weighted by Crippen LogP contribution is 2.42. The van der Waals surface area contributed by atoms with Crippen molar-refractivity contribution in [3.05, 3.63) is 18.7 Å². The Morgan fingerprint density at radius 1 is 1.44 bits per heavy atom. The van der Waals surface area contributed by atoms with E-state index in [1.807, 2.05) is 0 Å². The molecule has 1 aromatic rings. The van der Waals surface area contributed by atoms with Crippen LogP contribution in [0.1, 0.15) is 18.7 Å². The highest BCUT2D eigenvalue weighted by atomic mass is 79.9. The molecule has 0 saturated carbocycles. The van der Waals surface area contributed by atoms with E-state index in [0.717, 1.165) is 0 Å². The molecule has 0 atom stereocenters. The van der Waals surface area contributed by atoms with Crippen molar-refractivity contribution in [1.82, 2.24) is 0 Å². The van der Waals surface area contributed by atoms with Crippen molar-refractivity contribution in [3.8, 4) is 0 Å². The van der Waals surface area contributed by atoms with E-state index in [4.69, 9.17) is 27.9 Å². The zero-order valence-electron chi connectivity index (χ0n) is 8.31. The van der Waals surface area contributed by atoms with E-state index >= 15 is 0 Å². The minimum atomic E-state index is -0.849. The Labute approximate surface area is 115 Å². The zero-order valence-corrected chi connectivity index (χ0v) is 12.2. The number of ether oxygens (including phenoxy) is 1. The van der Waals surface area contributed by atoms with Crippen molar-refractivity contribution >= 4 is 62.3 Å². The molecule has 1 aromatic heterocycles. The molecule has 0 radical (unpaired) electrons. The first-order valence-electron chi connectivity index (χ1n) is 4.28. The summed E-state index contributed by atoms with van der Waals surface area (Å²) < 4.78 is 6.13. The number of thiophene rings is 1. The van der Waals surface area contributed by atoms with Crippen molar-refractivity contribution in [3.63, 3.8) is 0 Å². The summed E-state index contributed by atoms with van der Waals surface area (Å²) in [5.41, 5.74) is -0.849. The number of aliphatic imine (C=N–C) groups is 1. The van der Waals surface area contributed by atoms with Gasteiger partial charge in [-0.05, 0) is 29.8 Å². The Balaban J connectivity index is 2.48. The molecule has 7 heteroatoms. The molecule has 3 nitrogen and oxygen atoms in total. The lowest BCUT2D eigenvalue weighted by molar-refractivity contribution is -0.137. The Morgan fingerprint density at radius 3 is 2.44 bits per heavy atom. The van der Waals surface area contributed by atoms with Gasteiger partial charge in [0, 0.05) is 0 Å². The van der Waals surface area contributed by atoms with E-state index in [0.29, 0.717) is 18.7 Å². The first-order valence-corrected chi connectivity index (χ1v) is 6.65. The minimum absolute atomic E-state index is 0.265. The van der Waals surface area contributed by atoms with Crippen LogP contribution in [0, 0.1) is 0 Å². The molecule has 2 rings (SSSR count). The van der Waals surface area contributed by atoms with Gasteiger partial charge in [0.25, 0.3) is 0 Å². The second-order valence-electron chi connectivity index (χ2n) is 3.70.